The van der Waals surface area contributed by atoms with E-state index in [2.05, 4.69) is 15.3 Å². The highest BCUT2D eigenvalue weighted by molar-refractivity contribution is 7.21. The third kappa shape index (κ3) is 3.52. The van der Waals surface area contributed by atoms with Crippen molar-refractivity contribution in [3.63, 3.8) is 0 Å². The Kier molecular flexibility index (Phi) is 4.56. The second kappa shape index (κ2) is 7.17. The van der Waals surface area contributed by atoms with Crippen LogP contribution < -0.4 is 10.1 Å². The topological polar surface area (TPSA) is 64.1 Å². The number of carbonyl (C=O) groups excluding carboxylic acids is 1. The molecular formula is C21H17N3O2S. The van der Waals surface area contributed by atoms with Crippen molar-refractivity contribution in [1.29, 1.82) is 0 Å². The van der Waals surface area contributed by atoms with Crippen LogP contribution in [0.25, 0.3) is 20.9 Å². The summed E-state index contributed by atoms with van der Waals surface area (Å²) < 4.78 is 5.18. The van der Waals surface area contributed by atoms with E-state index >= 15 is 0 Å². The molecule has 2 aromatic heterocycles. The van der Waals surface area contributed by atoms with Crippen LogP contribution in [0, 0.1) is 6.92 Å². The van der Waals surface area contributed by atoms with Gasteiger partial charge < -0.3 is 10.1 Å². The number of pyridine rings is 1. The van der Waals surface area contributed by atoms with Crippen LogP contribution in [0.1, 0.15) is 15.9 Å². The molecule has 0 bridgehead atoms. The van der Waals surface area contributed by atoms with Crippen molar-refractivity contribution < 1.29 is 9.53 Å². The van der Waals surface area contributed by atoms with Crippen LogP contribution in [0.5, 0.6) is 5.75 Å². The molecule has 27 heavy (non-hydrogen) atoms. The van der Waals surface area contributed by atoms with E-state index in [1.807, 2.05) is 43.3 Å². The summed E-state index contributed by atoms with van der Waals surface area (Å²) in [5.74, 6) is 0.480. The van der Waals surface area contributed by atoms with E-state index < -0.39 is 0 Å². The summed E-state index contributed by atoms with van der Waals surface area (Å²) in [7, 11) is 1.58. The maximum absolute atomic E-state index is 12.5. The Morgan fingerprint density at radius 2 is 2.00 bits per heavy atom. The van der Waals surface area contributed by atoms with Gasteiger partial charge in [0.2, 0.25) is 0 Å². The van der Waals surface area contributed by atoms with Gasteiger partial charge in [0.05, 0.1) is 7.11 Å². The van der Waals surface area contributed by atoms with Gasteiger partial charge in [-0.1, -0.05) is 17.4 Å². The van der Waals surface area contributed by atoms with E-state index in [1.165, 1.54) is 0 Å². The monoisotopic (exact) mass is 375 g/mol. The molecule has 0 radical (unpaired) electrons. The highest BCUT2D eigenvalue weighted by Crippen LogP contribution is 2.31. The maximum Gasteiger partial charge on any atom is 0.255 e. The van der Waals surface area contributed by atoms with Crippen molar-refractivity contribution >= 4 is 33.3 Å². The number of nitrogens with zero attached hydrogens (tertiary/aromatic N) is 2. The Morgan fingerprint density at radius 1 is 1.11 bits per heavy atom. The number of fused-ring (bicyclic) bond motifs is 1. The first-order chi connectivity index (χ1) is 13.1. The van der Waals surface area contributed by atoms with Crippen LogP contribution in [0.15, 0.2) is 60.8 Å². The summed E-state index contributed by atoms with van der Waals surface area (Å²) >= 11 is 1.56. The Hall–Kier alpha value is -3.25. The van der Waals surface area contributed by atoms with E-state index in [9.17, 15) is 4.79 Å². The van der Waals surface area contributed by atoms with Crippen LogP contribution in [-0.4, -0.2) is 23.0 Å². The first-order valence-electron chi connectivity index (χ1n) is 8.42. The molecule has 5 nitrogen and oxygen atoms in total. The second-order valence-electron chi connectivity index (χ2n) is 6.06. The van der Waals surface area contributed by atoms with E-state index in [0.29, 0.717) is 11.3 Å². The minimum Gasteiger partial charge on any atom is -0.497 e. The lowest BCUT2D eigenvalue weighted by atomic mass is 10.1. The number of rotatable bonds is 4. The van der Waals surface area contributed by atoms with Crippen molar-refractivity contribution in [1.82, 2.24) is 9.97 Å². The van der Waals surface area contributed by atoms with Gasteiger partial charge in [-0.2, -0.15) is 0 Å². The SMILES string of the molecule is COc1cccc(C(=O)Nc2ccc(-c3nc4cccnc4s3)cc2C)c1. The summed E-state index contributed by atoms with van der Waals surface area (Å²) in [6, 6.07) is 16.8. The average Bonchev–Trinajstić information content (AvgIpc) is 3.13. The highest BCUT2D eigenvalue weighted by atomic mass is 32.1. The largest absolute Gasteiger partial charge is 0.497 e. The molecular weight excluding hydrogens is 358 g/mol. The number of benzene rings is 2. The van der Waals surface area contributed by atoms with Crippen molar-refractivity contribution in [2.75, 3.05) is 12.4 Å². The summed E-state index contributed by atoms with van der Waals surface area (Å²) in [5.41, 5.74) is 4.19. The molecule has 0 aliphatic rings. The third-order valence-corrected chi connectivity index (χ3v) is 5.25. The van der Waals surface area contributed by atoms with Crippen LogP contribution in [0.2, 0.25) is 0 Å². The Morgan fingerprint density at radius 3 is 2.78 bits per heavy atom. The van der Waals surface area contributed by atoms with Gasteiger partial charge in [0, 0.05) is 23.0 Å². The van der Waals surface area contributed by atoms with Gasteiger partial charge in [-0.05, 0) is 61.0 Å². The molecule has 0 aliphatic carbocycles. The lowest BCUT2D eigenvalue weighted by Gasteiger charge is -2.10. The first-order valence-corrected chi connectivity index (χ1v) is 9.24. The van der Waals surface area contributed by atoms with E-state index in [4.69, 9.17) is 4.74 Å². The fourth-order valence-electron chi connectivity index (χ4n) is 2.79. The molecule has 0 unspecified atom stereocenters. The average molecular weight is 375 g/mol. The number of hydrogen-bond donors (Lipinski definition) is 1. The quantitative estimate of drug-likeness (QED) is 0.549. The molecule has 2 aromatic carbocycles. The minimum absolute atomic E-state index is 0.172. The van der Waals surface area contributed by atoms with Gasteiger partial charge in [0.15, 0.2) is 0 Å². The summed E-state index contributed by atoms with van der Waals surface area (Å²) in [5, 5.41) is 3.87. The Labute approximate surface area is 160 Å². The zero-order chi connectivity index (χ0) is 18.8. The standard InChI is InChI=1S/C21H17N3O2S/c1-13-11-15(20-24-18-7-4-10-22-21(18)27-20)8-9-17(13)23-19(25)14-5-3-6-16(12-14)26-2/h3-12H,1-2H3,(H,23,25). The number of hydrogen-bond acceptors (Lipinski definition) is 5. The third-order valence-electron chi connectivity index (χ3n) is 4.22. The normalized spacial score (nSPS) is 10.7. The van der Waals surface area contributed by atoms with Gasteiger partial charge in [0.1, 0.15) is 21.1 Å². The predicted octanol–water partition coefficient (Wildman–Crippen LogP) is 4.93. The Balaban J connectivity index is 1.58. The van der Waals surface area contributed by atoms with Crippen LogP contribution >= 0.6 is 11.3 Å². The first kappa shape index (κ1) is 17.2. The lowest BCUT2D eigenvalue weighted by Crippen LogP contribution is -2.12. The van der Waals surface area contributed by atoms with Crippen LogP contribution in [-0.2, 0) is 0 Å². The van der Waals surface area contributed by atoms with Gasteiger partial charge in [-0.25, -0.2) is 9.97 Å². The molecule has 4 aromatic rings. The molecule has 1 amide bonds. The number of methoxy groups -OCH3 is 1. The number of aromatic nitrogens is 2. The summed E-state index contributed by atoms with van der Waals surface area (Å²) in [6.07, 6.45) is 1.77. The predicted molar refractivity (Wildman–Crippen MR) is 109 cm³/mol. The van der Waals surface area contributed by atoms with Crippen molar-refractivity contribution in [2.24, 2.45) is 0 Å². The summed E-state index contributed by atoms with van der Waals surface area (Å²) in [6.45, 7) is 1.97. The number of amides is 1. The lowest BCUT2D eigenvalue weighted by molar-refractivity contribution is 0.102. The number of aryl methyl sites for hydroxylation is 1. The molecule has 1 N–H and O–H groups in total. The van der Waals surface area contributed by atoms with Crippen LogP contribution in [0.4, 0.5) is 5.69 Å². The van der Waals surface area contributed by atoms with E-state index in [0.717, 1.165) is 32.2 Å². The van der Waals surface area contributed by atoms with E-state index in [1.54, 1.807) is 42.8 Å². The molecule has 0 saturated heterocycles. The molecule has 4 rings (SSSR count). The smallest absolute Gasteiger partial charge is 0.255 e. The molecule has 134 valence electrons. The maximum atomic E-state index is 12.5. The van der Waals surface area contributed by atoms with E-state index in [-0.39, 0.29) is 5.91 Å². The number of thiazole rings is 1. The van der Waals surface area contributed by atoms with Crippen molar-refractivity contribution in [3.05, 3.63) is 71.9 Å². The molecule has 2 heterocycles. The number of carbonyl (C=O) groups is 1. The van der Waals surface area contributed by atoms with Crippen molar-refractivity contribution in [2.45, 2.75) is 6.92 Å². The number of anilines is 1. The molecule has 0 saturated carbocycles. The van der Waals surface area contributed by atoms with Crippen molar-refractivity contribution in [3.8, 4) is 16.3 Å². The summed E-state index contributed by atoms with van der Waals surface area (Å²) in [4.78, 5) is 22.4. The number of nitrogens with one attached hydrogen (secondary N) is 1. The zero-order valence-electron chi connectivity index (χ0n) is 14.9. The zero-order valence-corrected chi connectivity index (χ0v) is 15.7. The molecule has 0 aliphatic heterocycles. The minimum atomic E-state index is -0.172. The van der Waals surface area contributed by atoms with Gasteiger partial charge >= 0.3 is 0 Å². The fraction of sp³-hybridized carbons (Fsp3) is 0.0952. The fourth-order valence-corrected chi connectivity index (χ4v) is 3.69. The van der Waals surface area contributed by atoms with Crippen LogP contribution in [0.3, 0.4) is 0 Å². The van der Waals surface area contributed by atoms with Gasteiger partial charge in [-0.15, -0.1) is 0 Å². The molecule has 0 atom stereocenters. The molecule has 6 heteroatoms. The number of ether oxygens (including phenoxy) is 1. The second-order valence-corrected chi connectivity index (χ2v) is 7.04. The van der Waals surface area contributed by atoms with Gasteiger partial charge in [-0.3, -0.25) is 4.79 Å². The highest BCUT2D eigenvalue weighted by Gasteiger charge is 2.11. The van der Waals surface area contributed by atoms with Gasteiger partial charge in [0.25, 0.3) is 5.91 Å². The Bertz CT molecular complexity index is 1100. The molecule has 0 spiro atoms. The molecule has 0 fully saturated rings.